The molecular weight excluding hydrogens is 630 g/mol. The Morgan fingerprint density at radius 3 is 2.15 bits per heavy atom. The summed E-state index contributed by atoms with van der Waals surface area (Å²) in [5.74, 6) is -0.733. The first-order chi connectivity index (χ1) is 22.6. The summed E-state index contributed by atoms with van der Waals surface area (Å²) in [5.41, 5.74) is 3.60. The molecule has 0 heterocycles. The number of halogens is 1. The Labute approximate surface area is 283 Å². The molecule has 2 amide bonds. The molecule has 4 aromatic carbocycles. The molecule has 1 saturated carbocycles. The van der Waals surface area contributed by atoms with Crippen LogP contribution < -0.4 is 9.62 Å². The van der Waals surface area contributed by atoms with Crippen molar-refractivity contribution < 1.29 is 18.0 Å². The number of carbonyl (C=O) groups excluding carboxylic acids is 2. The number of hydrogen-bond donors (Lipinski definition) is 1. The zero-order valence-electron chi connectivity index (χ0n) is 26.9. The van der Waals surface area contributed by atoms with Gasteiger partial charge in [0.25, 0.3) is 10.0 Å². The fourth-order valence-electron chi connectivity index (χ4n) is 6.20. The summed E-state index contributed by atoms with van der Waals surface area (Å²) < 4.78 is 29.6. The van der Waals surface area contributed by atoms with Crippen molar-refractivity contribution in [1.82, 2.24) is 10.2 Å². The number of amides is 2. The van der Waals surface area contributed by atoms with E-state index in [0.717, 1.165) is 53.1 Å². The highest BCUT2D eigenvalue weighted by atomic mass is 35.5. The van der Waals surface area contributed by atoms with Gasteiger partial charge in [0.1, 0.15) is 12.6 Å². The molecule has 5 rings (SSSR count). The third kappa shape index (κ3) is 8.62. The van der Waals surface area contributed by atoms with Crippen LogP contribution in [0.15, 0.2) is 108 Å². The van der Waals surface area contributed by atoms with E-state index in [2.05, 4.69) is 5.32 Å². The highest BCUT2D eigenvalue weighted by molar-refractivity contribution is 7.92. The Morgan fingerprint density at radius 2 is 1.47 bits per heavy atom. The molecule has 1 atom stereocenters. The largest absolute Gasteiger partial charge is 0.352 e. The van der Waals surface area contributed by atoms with Crippen LogP contribution in [0.25, 0.3) is 0 Å². The van der Waals surface area contributed by atoms with E-state index in [4.69, 9.17) is 11.6 Å². The quantitative estimate of drug-likeness (QED) is 0.172. The Kier molecular flexibility index (Phi) is 11.4. The van der Waals surface area contributed by atoms with Gasteiger partial charge in [0.15, 0.2) is 0 Å². The van der Waals surface area contributed by atoms with Crippen molar-refractivity contribution in [2.45, 2.75) is 75.9 Å². The first kappa shape index (κ1) is 34.2. The molecule has 9 heteroatoms. The zero-order chi connectivity index (χ0) is 33.4. The van der Waals surface area contributed by atoms with Gasteiger partial charge < -0.3 is 10.2 Å². The maximum atomic E-state index is 14.7. The van der Waals surface area contributed by atoms with Crippen molar-refractivity contribution in [2.24, 2.45) is 0 Å². The second-order valence-electron chi connectivity index (χ2n) is 12.3. The smallest absolute Gasteiger partial charge is 0.264 e. The number of sulfonamides is 1. The number of carbonyl (C=O) groups is 2. The third-order valence-electron chi connectivity index (χ3n) is 8.78. The summed E-state index contributed by atoms with van der Waals surface area (Å²) in [5, 5.41) is 3.63. The molecule has 0 spiro atoms. The Bertz CT molecular complexity index is 1780. The molecule has 1 fully saturated rings. The van der Waals surface area contributed by atoms with Gasteiger partial charge in [-0.15, -0.1) is 0 Å². The fraction of sp³-hybridized carbons (Fsp3) is 0.316. The molecule has 1 aliphatic rings. The molecule has 246 valence electrons. The predicted molar refractivity (Wildman–Crippen MR) is 188 cm³/mol. The molecule has 4 aromatic rings. The van der Waals surface area contributed by atoms with Crippen molar-refractivity contribution in [3.8, 4) is 0 Å². The van der Waals surface area contributed by atoms with Crippen LogP contribution in [0.2, 0.25) is 5.02 Å². The van der Waals surface area contributed by atoms with Crippen LogP contribution in [0.5, 0.6) is 0 Å². The van der Waals surface area contributed by atoms with Crippen LogP contribution in [0.3, 0.4) is 0 Å². The summed E-state index contributed by atoms with van der Waals surface area (Å²) >= 11 is 6.48. The van der Waals surface area contributed by atoms with E-state index >= 15 is 0 Å². The van der Waals surface area contributed by atoms with Crippen LogP contribution in [-0.4, -0.2) is 43.8 Å². The first-order valence-electron chi connectivity index (χ1n) is 16.2. The van der Waals surface area contributed by atoms with Gasteiger partial charge in [-0.2, -0.15) is 0 Å². The number of nitrogens with zero attached hydrogens (tertiary/aromatic N) is 2. The lowest BCUT2D eigenvalue weighted by Gasteiger charge is -2.35. The monoisotopic (exact) mass is 671 g/mol. The second-order valence-corrected chi connectivity index (χ2v) is 14.5. The number of anilines is 1. The first-order valence-corrected chi connectivity index (χ1v) is 18.0. The molecule has 1 aliphatic carbocycles. The van der Waals surface area contributed by atoms with E-state index in [9.17, 15) is 18.0 Å². The van der Waals surface area contributed by atoms with Gasteiger partial charge in [0.05, 0.1) is 10.6 Å². The van der Waals surface area contributed by atoms with Crippen molar-refractivity contribution in [3.05, 3.63) is 130 Å². The molecule has 0 bridgehead atoms. The molecule has 1 unspecified atom stereocenters. The van der Waals surface area contributed by atoms with Gasteiger partial charge in [-0.3, -0.25) is 13.9 Å². The van der Waals surface area contributed by atoms with Gasteiger partial charge in [0.2, 0.25) is 11.8 Å². The molecule has 7 nitrogen and oxygen atoms in total. The molecule has 0 aromatic heterocycles. The summed E-state index contributed by atoms with van der Waals surface area (Å²) in [6, 6.07) is 29.6. The number of nitrogens with one attached hydrogen (secondary N) is 1. The lowest BCUT2D eigenvalue weighted by molar-refractivity contribution is -0.140. The van der Waals surface area contributed by atoms with Crippen molar-refractivity contribution in [1.29, 1.82) is 0 Å². The lowest BCUT2D eigenvalue weighted by atomic mass is 9.94. The highest BCUT2D eigenvalue weighted by Crippen LogP contribution is 2.31. The molecule has 0 saturated heterocycles. The predicted octanol–water partition coefficient (Wildman–Crippen LogP) is 7.24. The number of benzene rings is 4. The normalized spacial score (nSPS) is 14.3. The maximum Gasteiger partial charge on any atom is 0.264 e. The molecular formula is C38H42ClN3O4S. The summed E-state index contributed by atoms with van der Waals surface area (Å²) in [7, 11) is -4.20. The van der Waals surface area contributed by atoms with Crippen LogP contribution >= 0.6 is 11.6 Å². The van der Waals surface area contributed by atoms with E-state index in [1.54, 1.807) is 48.2 Å². The van der Waals surface area contributed by atoms with Crippen LogP contribution in [0, 0.1) is 13.8 Å². The number of rotatable bonds is 12. The van der Waals surface area contributed by atoms with Crippen molar-refractivity contribution in [2.75, 3.05) is 10.8 Å². The minimum Gasteiger partial charge on any atom is -0.352 e. The van der Waals surface area contributed by atoms with Crippen molar-refractivity contribution >= 4 is 39.1 Å². The SMILES string of the molecule is Cc1cccc(CN(C(=O)CN(c2cccc(Cl)c2C)S(=O)(=O)c2ccccc2)C(Cc2ccccc2)C(=O)NC2CCCCC2)c1. The zero-order valence-corrected chi connectivity index (χ0v) is 28.5. The van der Waals surface area contributed by atoms with E-state index in [1.807, 2.05) is 61.5 Å². The Balaban J connectivity index is 1.58. The average Bonchev–Trinajstić information content (AvgIpc) is 3.08. The summed E-state index contributed by atoms with van der Waals surface area (Å²) in [6.07, 6.45) is 5.31. The molecule has 1 N–H and O–H groups in total. The second kappa shape index (κ2) is 15.6. The Hall–Kier alpha value is -4.14. The topological polar surface area (TPSA) is 86.8 Å². The summed E-state index contributed by atoms with van der Waals surface area (Å²) in [4.78, 5) is 30.6. The summed E-state index contributed by atoms with van der Waals surface area (Å²) in [6.45, 7) is 3.31. The van der Waals surface area contributed by atoms with E-state index in [0.29, 0.717) is 16.3 Å². The molecule has 0 radical (unpaired) electrons. The third-order valence-corrected chi connectivity index (χ3v) is 11.0. The van der Waals surface area contributed by atoms with Crippen molar-refractivity contribution in [3.63, 3.8) is 0 Å². The van der Waals surface area contributed by atoms with E-state index in [1.165, 1.54) is 12.1 Å². The standard InChI is InChI=1S/C38H42ClN3O4S/c1-28-14-12-17-31(24-28)26-41(36(25-30-15-6-3-7-16-30)38(44)40-32-18-8-4-9-19-32)37(43)27-42(35-23-13-22-34(39)29(35)2)47(45,46)33-20-10-5-11-21-33/h3,5-7,10-17,20-24,32,36H,4,8-9,18-19,25-27H2,1-2H3,(H,40,44). The average molecular weight is 672 g/mol. The van der Waals surface area contributed by atoms with Gasteiger partial charge >= 0.3 is 0 Å². The van der Waals surface area contributed by atoms with Gasteiger partial charge in [-0.05, 0) is 67.6 Å². The Morgan fingerprint density at radius 1 is 0.830 bits per heavy atom. The van der Waals surface area contributed by atoms with Crippen LogP contribution in [0.4, 0.5) is 5.69 Å². The van der Waals surface area contributed by atoms with E-state index in [-0.39, 0.29) is 29.8 Å². The fourth-order valence-corrected chi connectivity index (χ4v) is 7.87. The van der Waals surface area contributed by atoms with Gasteiger partial charge in [-0.1, -0.05) is 115 Å². The van der Waals surface area contributed by atoms with Crippen LogP contribution in [0.1, 0.15) is 54.4 Å². The minimum atomic E-state index is -4.20. The maximum absolute atomic E-state index is 14.7. The lowest BCUT2D eigenvalue weighted by Crippen LogP contribution is -2.55. The number of hydrogen-bond acceptors (Lipinski definition) is 4. The minimum absolute atomic E-state index is 0.0366. The molecule has 47 heavy (non-hydrogen) atoms. The number of aryl methyl sites for hydroxylation is 1. The van der Waals surface area contributed by atoms with Gasteiger partial charge in [0, 0.05) is 24.0 Å². The highest BCUT2D eigenvalue weighted by Gasteiger charge is 2.36. The van der Waals surface area contributed by atoms with Gasteiger partial charge in [-0.25, -0.2) is 8.42 Å². The van der Waals surface area contributed by atoms with E-state index < -0.39 is 28.5 Å². The van der Waals surface area contributed by atoms with Crippen LogP contribution in [-0.2, 0) is 32.6 Å². The molecule has 0 aliphatic heterocycles.